The molecule has 0 aromatic rings. The van der Waals surface area contributed by atoms with Crippen molar-refractivity contribution in [3.05, 3.63) is 48.6 Å². The number of hydrogen-bond donors (Lipinski definition) is 12. The van der Waals surface area contributed by atoms with Gasteiger partial charge in [-0.25, -0.2) is 0 Å². The molecule has 0 aliphatic carbocycles. The zero-order valence-electron chi connectivity index (χ0n) is 49.3. The maximum atomic E-state index is 13.3. The fourth-order valence-corrected chi connectivity index (χ4v) is 10.4. The van der Waals surface area contributed by atoms with Crippen molar-refractivity contribution >= 4 is 5.91 Å². The minimum absolute atomic E-state index is 0.218. The smallest absolute Gasteiger partial charge is 0.220 e. The summed E-state index contributed by atoms with van der Waals surface area (Å²) in [4.78, 5) is 13.3. The molecule has 472 valence electrons. The van der Waals surface area contributed by atoms with Gasteiger partial charge in [-0.15, -0.1) is 0 Å². The van der Waals surface area contributed by atoms with E-state index < -0.39 is 124 Å². The highest BCUT2D eigenvalue weighted by Gasteiger charge is 2.53. The molecule has 17 unspecified atom stereocenters. The zero-order valence-corrected chi connectivity index (χ0v) is 49.3. The quantitative estimate of drug-likeness (QED) is 0.0236. The first kappa shape index (κ1) is 73.0. The first-order valence-electron chi connectivity index (χ1n) is 31.4. The predicted molar refractivity (Wildman–Crippen MR) is 309 cm³/mol. The number of nitrogens with one attached hydrogen (secondary N) is 1. The summed E-state index contributed by atoms with van der Waals surface area (Å²) in [7, 11) is 0. The second-order valence-corrected chi connectivity index (χ2v) is 22.5. The SMILES string of the molecule is CCCCCC/C=C\C/C=C\CCCCCCCC(=O)NC(COC1OC(CO)C(OC2OC(CO)C(OC3OC(CO)C(O)C(O)C3O)C(O)C2O)C(O)C1O)C(O)/C=C/CC/C=C/CCCCCCCCCCCCCCCC. The third-order valence-electron chi connectivity index (χ3n) is 15.6. The highest BCUT2D eigenvalue weighted by molar-refractivity contribution is 5.76. The Labute approximate surface area is 484 Å². The molecule has 3 fully saturated rings. The van der Waals surface area contributed by atoms with E-state index in [1.54, 1.807) is 6.08 Å². The average Bonchev–Trinajstić information content (AvgIpc) is 3.47. The van der Waals surface area contributed by atoms with Crippen LogP contribution in [0.3, 0.4) is 0 Å². The number of allylic oxidation sites excluding steroid dienone is 7. The highest BCUT2D eigenvalue weighted by atomic mass is 16.8. The van der Waals surface area contributed by atoms with E-state index in [0.29, 0.717) is 12.8 Å². The Balaban J connectivity index is 1.51. The fourth-order valence-electron chi connectivity index (χ4n) is 10.4. The molecule has 19 heteroatoms. The molecule has 17 atom stereocenters. The van der Waals surface area contributed by atoms with Gasteiger partial charge < -0.3 is 89.9 Å². The summed E-state index contributed by atoms with van der Waals surface area (Å²) in [6.45, 7) is 1.67. The van der Waals surface area contributed by atoms with E-state index in [-0.39, 0.29) is 18.9 Å². The van der Waals surface area contributed by atoms with Crippen LogP contribution in [0.1, 0.15) is 206 Å². The lowest BCUT2D eigenvalue weighted by Gasteiger charge is -2.48. The van der Waals surface area contributed by atoms with Crippen molar-refractivity contribution in [3.8, 4) is 0 Å². The van der Waals surface area contributed by atoms with Gasteiger partial charge in [0.25, 0.3) is 0 Å². The van der Waals surface area contributed by atoms with E-state index in [2.05, 4.69) is 55.6 Å². The van der Waals surface area contributed by atoms with Crippen LogP contribution in [0.2, 0.25) is 0 Å². The Bertz CT molecular complexity index is 1670. The molecular formula is C62H111NO18. The summed E-state index contributed by atoms with van der Waals surface area (Å²) in [5, 5.41) is 120. The lowest BCUT2D eigenvalue weighted by Crippen LogP contribution is -2.66. The normalized spacial score (nSPS) is 30.1. The third kappa shape index (κ3) is 28.7. The minimum atomic E-state index is -1.98. The lowest BCUT2D eigenvalue weighted by molar-refractivity contribution is -0.379. The largest absolute Gasteiger partial charge is 0.394 e. The molecule has 0 aromatic carbocycles. The molecule has 0 bridgehead atoms. The van der Waals surface area contributed by atoms with Crippen molar-refractivity contribution in [1.82, 2.24) is 5.32 Å². The summed E-state index contributed by atoms with van der Waals surface area (Å²) in [5.74, 6) is -0.300. The highest BCUT2D eigenvalue weighted by Crippen LogP contribution is 2.33. The van der Waals surface area contributed by atoms with E-state index in [1.807, 2.05) is 6.08 Å². The molecule has 3 heterocycles. The molecule has 3 aliphatic rings. The third-order valence-corrected chi connectivity index (χ3v) is 15.6. The standard InChI is InChI=1S/C62H111NO18/c1-3-5-7-9-11-13-15-17-19-21-22-23-24-25-27-29-31-33-35-37-39-46(67)45(63-50(68)40-38-36-34-32-30-28-26-20-18-16-14-12-10-8-6-4-2)44-76-60-56(74)53(71)58(48(42-65)78-60)81-62-57(75)54(72)59(49(43-66)79-62)80-61-55(73)52(70)51(69)47(41-64)77-61/h14,16,20,26,29,31,37,39,45-49,51-62,64-67,69-75H,3-13,15,17-19,21-25,27-28,30,32-36,38,40-44H2,1-2H3,(H,63,68)/b16-14-,26-20-,31-29+,39-37+. The molecule has 12 N–H and O–H groups in total. The molecule has 1 amide bonds. The number of rotatable bonds is 46. The van der Waals surface area contributed by atoms with E-state index in [0.717, 1.165) is 64.2 Å². The van der Waals surface area contributed by atoms with Crippen LogP contribution in [0.5, 0.6) is 0 Å². The van der Waals surface area contributed by atoms with E-state index in [4.69, 9.17) is 28.4 Å². The van der Waals surface area contributed by atoms with Crippen molar-refractivity contribution < 1.29 is 89.4 Å². The van der Waals surface area contributed by atoms with Crippen LogP contribution in [0.25, 0.3) is 0 Å². The molecule has 3 rings (SSSR count). The van der Waals surface area contributed by atoms with Gasteiger partial charge in [0.15, 0.2) is 18.9 Å². The molecule has 3 saturated heterocycles. The zero-order chi connectivity index (χ0) is 59.0. The first-order valence-corrected chi connectivity index (χ1v) is 31.4. The van der Waals surface area contributed by atoms with Crippen molar-refractivity contribution in [2.45, 2.75) is 311 Å². The van der Waals surface area contributed by atoms with Gasteiger partial charge in [-0.3, -0.25) is 4.79 Å². The minimum Gasteiger partial charge on any atom is -0.394 e. The lowest BCUT2D eigenvalue weighted by atomic mass is 9.96. The Hall–Kier alpha value is -2.25. The molecule has 3 aliphatic heterocycles. The Kier molecular flexibility index (Phi) is 40.7. The van der Waals surface area contributed by atoms with E-state index >= 15 is 0 Å². The van der Waals surface area contributed by atoms with Crippen molar-refractivity contribution in [1.29, 1.82) is 0 Å². The summed E-state index contributed by atoms with van der Waals surface area (Å²) >= 11 is 0. The van der Waals surface area contributed by atoms with Crippen LogP contribution in [0.4, 0.5) is 0 Å². The van der Waals surface area contributed by atoms with Crippen LogP contribution < -0.4 is 5.32 Å². The molecule has 0 radical (unpaired) electrons. The molecule has 0 saturated carbocycles. The average molecular weight is 1160 g/mol. The van der Waals surface area contributed by atoms with Crippen LogP contribution in [0, 0.1) is 0 Å². The molecule has 0 aromatic heterocycles. The number of amides is 1. The second-order valence-electron chi connectivity index (χ2n) is 22.5. The summed E-state index contributed by atoms with van der Waals surface area (Å²) in [5.41, 5.74) is 0. The number of hydrogen-bond acceptors (Lipinski definition) is 18. The van der Waals surface area contributed by atoms with Gasteiger partial charge in [0.2, 0.25) is 5.91 Å². The fraction of sp³-hybridized carbons (Fsp3) is 0.855. The Morgan fingerprint density at radius 3 is 1.32 bits per heavy atom. The van der Waals surface area contributed by atoms with Gasteiger partial charge in [0, 0.05) is 6.42 Å². The van der Waals surface area contributed by atoms with Crippen LogP contribution in [0.15, 0.2) is 48.6 Å². The van der Waals surface area contributed by atoms with E-state index in [9.17, 15) is 61.0 Å². The van der Waals surface area contributed by atoms with Crippen LogP contribution in [-0.4, -0.2) is 193 Å². The van der Waals surface area contributed by atoms with Crippen molar-refractivity contribution in [3.63, 3.8) is 0 Å². The number of aliphatic hydroxyl groups is 11. The molecule has 0 spiro atoms. The molecular weight excluding hydrogens is 1050 g/mol. The number of aliphatic hydroxyl groups excluding tert-OH is 11. The predicted octanol–water partition coefficient (Wildman–Crippen LogP) is 6.26. The van der Waals surface area contributed by atoms with E-state index in [1.165, 1.54) is 109 Å². The summed E-state index contributed by atoms with van der Waals surface area (Å²) in [6.07, 6.45) is 23.7. The maximum Gasteiger partial charge on any atom is 0.220 e. The molecule has 19 nitrogen and oxygen atoms in total. The van der Waals surface area contributed by atoms with Gasteiger partial charge in [-0.1, -0.05) is 184 Å². The Morgan fingerprint density at radius 2 is 0.827 bits per heavy atom. The van der Waals surface area contributed by atoms with Gasteiger partial charge >= 0.3 is 0 Å². The van der Waals surface area contributed by atoms with Crippen LogP contribution >= 0.6 is 0 Å². The number of carbonyl (C=O) groups is 1. The summed E-state index contributed by atoms with van der Waals surface area (Å²) in [6, 6.07) is -0.998. The van der Waals surface area contributed by atoms with Gasteiger partial charge in [-0.05, 0) is 64.2 Å². The summed E-state index contributed by atoms with van der Waals surface area (Å²) < 4.78 is 34.2. The number of carbonyl (C=O) groups excluding carboxylic acids is 1. The number of unbranched alkanes of at least 4 members (excludes halogenated alkanes) is 24. The Morgan fingerprint density at radius 1 is 0.444 bits per heavy atom. The van der Waals surface area contributed by atoms with Crippen LogP contribution in [-0.2, 0) is 33.2 Å². The monoisotopic (exact) mass is 1160 g/mol. The van der Waals surface area contributed by atoms with Crippen molar-refractivity contribution in [2.24, 2.45) is 0 Å². The maximum absolute atomic E-state index is 13.3. The number of ether oxygens (including phenoxy) is 6. The topological polar surface area (TPSA) is 307 Å². The first-order chi connectivity index (χ1) is 39.3. The van der Waals surface area contributed by atoms with Gasteiger partial charge in [0.05, 0.1) is 38.6 Å². The van der Waals surface area contributed by atoms with Gasteiger partial charge in [-0.2, -0.15) is 0 Å². The molecule has 81 heavy (non-hydrogen) atoms. The van der Waals surface area contributed by atoms with Crippen molar-refractivity contribution in [2.75, 3.05) is 26.4 Å². The second kappa shape index (κ2) is 45.1. The van der Waals surface area contributed by atoms with Gasteiger partial charge in [0.1, 0.15) is 73.2 Å².